The van der Waals surface area contributed by atoms with Gasteiger partial charge in [0.25, 0.3) is 0 Å². The van der Waals surface area contributed by atoms with Crippen LogP contribution in [0.2, 0.25) is 0 Å². The van der Waals surface area contributed by atoms with Gasteiger partial charge in [-0.2, -0.15) is 0 Å². The molecule has 3 rings (SSSR count). The molecule has 3 aromatic carbocycles. The standard InChI is InChI=1S/C21H15F3O5S/c1-12(21(25)26)29-19-7-6-15(23)11-17(19)13-5-8-20(18(24)9-13)30(27,28)16-4-2-3-14(22)10-16/h2-12H,1H3,(H,25,26)/t12-/m0/s1. The van der Waals surface area contributed by atoms with E-state index < -0.39 is 49.2 Å². The summed E-state index contributed by atoms with van der Waals surface area (Å²) in [6.45, 7) is 1.27. The van der Waals surface area contributed by atoms with Crippen LogP contribution in [0, 0.1) is 17.5 Å². The van der Waals surface area contributed by atoms with Crippen molar-refractivity contribution in [2.45, 2.75) is 22.8 Å². The van der Waals surface area contributed by atoms with Crippen LogP contribution in [0.25, 0.3) is 11.1 Å². The summed E-state index contributed by atoms with van der Waals surface area (Å²) in [4.78, 5) is 9.93. The van der Waals surface area contributed by atoms with E-state index in [9.17, 15) is 26.4 Å². The molecule has 0 spiro atoms. The minimum atomic E-state index is -4.34. The van der Waals surface area contributed by atoms with Crippen LogP contribution in [0.4, 0.5) is 13.2 Å². The number of rotatable bonds is 6. The number of halogens is 3. The van der Waals surface area contributed by atoms with Crippen molar-refractivity contribution in [3.05, 3.63) is 78.1 Å². The molecule has 0 fully saturated rings. The molecule has 156 valence electrons. The highest BCUT2D eigenvalue weighted by molar-refractivity contribution is 7.91. The summed E-state index contributed by atoms with van der Waals surface area (Å²) in [6, 6.07) is 10.5. The molecule has 1 N–H and O–H groups in total. The Balaban J connectivity index is 2.06. The molecule has 30 heavy (non-hydrogen) atoms. The first-order valence-electron chi connectivity index (χ1n) is 8.59. The highest BCUT2D eigenvalue weighted by atomic mass is 32.2. The molecule has 0 aliphatic heterocycles. The van der Waals surface area contributed by atoms with Gasteiger partial charge in [0.15, 0.2) is 6.10 Å². The number of sulfone groups is 1. The van der Waals surface area contributed by atoms with Gasteiger partial charge >= 0.3 is 5.97 Å². The molecule has 9 heteroatoms. The quantitative estimate of drug-likeness (QED) is 0.617. The van der Waals surface area contributed by atoms with Gasteiger partial charge in [-0.25, -0.2) is 26.4 Å². The van der Waals surface area contributed by atoms with Crippen LogP contribution in [0.15, 0.2) is 70.5 Å². The average molecular weight is 436 g/mol. The van der Waals surface area contributed by atoms with E-state index in [-0.39, 0.29) is 16.9 Å². The van der Waals surface area contributed by atoms with Crippen molar-refractivity contribution in [3.8, 4) is 16.9 Å². The Morgan fingerprint density at radius 3 is 2.30 bits per heavy atom. The summed E-state index contributed by atoms with van der Waals surface area (Å²) in [5.41, 5.74) is 0.106. The Morgan fingerprint density at radius 2 is 1.67 bits per heavy atom. The Hall–Kier alpha value is -3.33. The summed E-state index contributed by atoms with van der Waals surface area (Å²) >= 11 is 0. The van der Waals surface area contributed by atoms with E-state index in [1.54, 1.807) is 0 Å². The van der Waals surface area contributed by atoms with Gasteiger partial charge in [-0.1, -0.05) is 12.1 Å². The van der Waals surface area contributed by atoms with Crippen molar-refractivity contribution in [2.75, 3.05) is 0 Å². The number of aliphatic carboxylic acids is 1. The molecule has 0 aliphatic carbocycles. The summed E-state index contributed by atoms with van der Waals surface area (Å²) in [5.74, 6) is -3.89. The number of benzene rings is 3. The number of carboxylic acid groups (broad SMARTS) is 1. The third-order valence-corrected chi connectivity index (χ3v) is 6.02. The maximum Gasteiger partial charge on any atom is 0.344 e. The molecule has 0 aliphatic rings. The van der Waals surface area contributed by atoms with Crippen molar-refractivity contribution >= 4 is 15.8 Å². The molecule has 5 nitrogen and oxygen atoms in total. The largest absolute Gasteiger partial charge is 0.479 e. The molecule has 0 unspecified atom stereocenters. The number of hydrogen-bond acceptors (Lipinski definition) is 4. The first-order chi connectivity index (χ1) is 14.1. The third kappa shape index (κ3) is 4.30. The van der Waals surface area contributed by atoms with Crippen LogP contribution in [0.5, 0.6) is 5.75 Å². The smallest absolute Gasteiger partial charge is 0.344 e. The molecule has 0 heterocycles. The monoisotopic (exact) mass is 436 g/mol. The highest BCUT2D eigenvalue weighted by Crippen LogP contribution is 2.34. The second-order valence-corrected chi connectivity index (χ2v) is 8.26. The maximum atomic E-state index is 14.7. The van der Waals surface area contributed by atoms with E-state index in [4.69, 9.17) is 9.84 Å². The van der Waals surface area contributed by atoms with E-state index in [2.05, 4.69) is 0 Å². The lowest BCUT2D eigenvalue weighted by Crippen LogP contribution is -2.23. The summed E-state index contributed by atoms with van der Waals surface area (Å²) in [6.07, 6.45) is -1.26. The van der Waals surface area contributed by atoms with Crippen LogP contribution >= 0.6 is 0 Å². The van der Waals surface area contributed by atoms with E-state index in [1.807, 2.05) is 0 Å². The van der Waals surface area contributed by atoms with Gasteiger partial charge in [0, 0.05) is 5.56 Å². The number of carbonyl (C=O) groups is 1. The number of hydrogen-bond donors (Lipinski definition) is 1. The molecule has 1 atom stereocenters. The first-order valence-corrected chi connectivity index (χ1v) is 10.1. The highest BCUT2D eigenvalue weighted by Gasteiger charge is 2.24. The van der Waals surface area contributed by atoms with E-state index in [0.717, 1.165) is 42.5 Å². The van der Waals surface area contributed by atoms with Crippen LogP contribution in [0.1, 0.15) is 6.92 Å². The minimum absolute atomic E-state index is 0.0218. The molecule has 0 saturated carbocycles. The molecule has 3 aromatic rings. The third-order valence-electron chi connectivity index (χ3n) is 4.23. The first kappa shape index (κ1) is 21.4. The molecular formula is C21H15F3O5S. The number of carboxylic acids is 1. The maximum absolute atomic E-state index is 14.7. The second-order valence-electron chi connectivity index (χ2n) is 6.34. The van der Waals surface area contributed by atoms with Crippen LogP contribution in [-0.4, -0.2) is 25.6 Å². The van der Waals surface area contributed by atoms with Gasteiger partial charge in [-0.05, 0) is 61.0 Å². The second kappa shape index (κ2) is 8.19. The zero-order valence-corrected chi connectivity index (χ0v) is 16.3. The topological polar surface area (TPSA) is 80.7 Å². The van der Waals surface area contributed by atoms with Crippen molar-refractivity contribution in [3.63, 3.8) is 0 Å². The van der Waals surface area contributed by atoms with Crippen LogP contribution in [-0.2, 0) is 14.6 Å². The lowest BCUT2D eigenvalue weighted by Gasteiger charge is -2.15. The van der Waals surface area contributed by atoms with Crippen molar-refractivity contribution in [1.29, 1.82) is 0 Å². The molecule has 0 saturated heterocycles. The summed E-state index contributed by atoms with van der Waals surface area (Å²) in [5, 5.41) is 9.00. The molecule has 0 bridgehead atoms. The van der Waals surface area contributed by atoms with Gasteiger partial charge in [0.05, 0.1) is 4.90 Å². The van der Waals surface area contributed by atoms with Gasteiger partial charge in [0.2, 0.25) is 9.84 Å². The predicted octanol–water partition coefficient (Wildman–Crippen LogP) is 4.46. The van der Waals surface area contributed by atoms with E-state index in [0.29, 0.717) is 0 Å². The summed E-state index contributed by atoms with van der Waals surface area (Å²) in [7, 11) is -4.34. The van der Waals surface area contributed by atoms with Crippen molar-refractivity contribution < 1.29 is 36.2 Å². The van der Waals surface area contributed by atoms with Crippen LogP contribution in [0.3, 0.4) is 0 Å². The molecule has 0 aromatic heterocycles. The fourth-order valence-corrected chi connectivity index (χ4v) is 4.06. The van der Waals surface area contributed by atoms with Crippen LogP contribution < -0.4 is 4.74 Å². The lowest BCUT2D eigenvalue weighted by atomic mass is 10.0. The minimum Gasteiger partial charge on any atom is -0.479 e. The Bertz CT molecular complexity index is 1230. The Morgan fingerprint density at radius 1 is 0.967 bits per heavy atom. The zero-order chi connectivity index (χ0) is 22.1. The fourth-order valence-electron chi connectivity index (χ4n) is 2.72. The van der Waals surface area contributed by atoms with Gasteiger partial charge in [0.1, 0.15) is 28.1 Å². The average Bonchev–Trinajstić information content (AvgIpc) is 2.68. The zero-order valence-electron chi connectivity index (χ0n) is 15.5. The fraction of sp³-hybridized carbons (Fsp3) is 0.0952. The van der Waals surface area contributed by atoms with Crippen molar-refractivity contribution in [2.24, 2.45) is 0 Å². The van der Waals surface area contributed by atoms with Gasteiger partial charge in [-0.3, -0.25) is 0 Å². The predicted molar refractivity (Wildman–Crippen MR) is 101 cm³/mol. The van der Waals surface area contributed by atoms with Crippen molar-refractivity contribution in [1.82, 2.24) is 0 Å². The molecule has 0 amide bonds. The normalized spacial score (nSPS) is 12.4. The molecular weight excluding hydrogens is 421 g/mol. The Kier molecular flexibility index (Phi) is 5.84. The summed E-state index contributed by atoms with van der Waals surface area (Å²) < 4.78 is 72.5. The van der Waals surface area contributed by atoms with E-state index in [1.165, 1.54) is 25.1 Å². The van der Waals surface area contributed by atoms with E-state index >= 15 is 0 Å². The number of ether oxygens (including phenoxy) is 1. The molecule has 0 radical (unpaired) electrons. The lowest BCUT2D eigenvalue weighted by molar-refractivity contribution is -0.144. The Labute approximate surface area is 170 Å². The SMILES string of the molecule is C[C@H](Oc1ccc(F)cc1-c1ccc(S(=O)(=O)c2cccc(F)c2)c(F)c1)C(=O)O. The van der Waals surface area contributed by atoms with Gasteiger partial charge in [-0.15, -0.1) is 0 Å². The van der Waals surface area contributed by atoms with Gasteiger partial charge < -0.3 is 9.84 Å².